The minimum atomic E-state index is -0.151. The average Bonchev–Trinajstić information content (AvgIpc) is 3.12. The van der Waals surface area contributed by atoms with Gasteiger partial charge in [-0.1, -0.05) is 30.0 Å². The first-order valence-electron chi connectivity index (χ1n) is 7.27. The zero-order valence-corrected chi connectivity index (χ0v) is 14.1. The van der Waals surface area contributed by atoms with Crippen molar-refractivity contribution in [1.29, 1.82) is 0 Å². The molecule has 0 aliphatic rings. The first-order chi connectivity index (χ1) is 11.5. The highest BCUT2D eigenvalue weighted by Crippen LogP contribution is 2.23. The Labute approximate surface area is 142 Å². The lowest BCUT2D eigenvalue weighted by Gasteiger charge is -2.06. The molecule has 1 aromatic carbocycles. The summed E-state index contributed by atoms with van der Waals surface area (Å²) in [5.74, 6) is 0.267. The number of anilines is 2. The number of H-pyrrole nitrogens is 1. The number of carbonyl (C=O) groups is 1. The monoisotopic (exact) mass is 343 g/mol. The Morgan fingerprint density at radius 2 is 2.08 bits per heavy atom. The van der Waals surface area contributed by atoms with Crippen molar-refractivity contribution in [3.63, 3.8) is 0 Å². The summed E-state index contributed by atoms with van der Waals surface area (Å²) >= 11 is 1.21. The van der Waals surface area contributed by atoms with Crippen molar-refractivity contribution >= 4 is 29.3 Å². The van der Waals surface area contributed by atoms with E-state index in [0.29, 0.717) is 5.16 Å². The molecule has 4 N–H and O–H groups in total. The second-order valence-corrected chi connectivity index (χ2v) is 6.08. The maximum Gasteiger partial charge on any atom is 0.234 e. The molecule has 0 atom stereocenters. The van der Waals surface area contributed by atoms with Gasteiger partial charge in [-0.05, 0) is 26.0 Å². The number of para-hydroxylation sites is 1. The van der Waals surface area contributed by atoms with E-state index in [0.717, 1.165) is 22.8 Å². The van der Waals surface area contributed by atoms with Crippen LogP contribution in [-0.4, -0.2) is 36.6 Å². The number of nitrogens with one attached hydrogen (secondary N) is 2. The van der Waals surface area contributed by atoms with E-state index < -0.39 is 0 Å². The van der Waals surface area contributed by atoms with Crippen LogP contribution >= 0.6 is 11.8 Å². The van der Waals surface area contributed by atoms with Crippen molar-refractivity contribution in [2.75, 3.05) is 16.8 Å². The molecule has 0 saturated heterocycles. The highest BCUT2D eigenvalue weighted by atomic mass is 32.2. The molecular formula is C15H17N7OS. The van der Waals surface area contributed by atoms with Crippen molar-refractivity contribution in [2.45, 2.75) is 19.0 Å². The number of amides is 1. The molecule has 2 heterocycles. The molecule has 0 saturated carbocycles. The number of aromatic amines is 1. The van der Waals surface area contributed by atoms with Gasteiger partial charge in [-0.2, -0.15) is 10.1 Å². The van der Waals surface area contributed by atoms with Crippen LogP contribution in [0.4, 0.5) is 11.6 Å². The van der Waals surface area contributed by atoms with Crippen molar-refractivity contribution in [2.24, 2.45) is 0 Å². The molecule has 0 spiro atoms. The van der Waals surface area contributed by atoms with Crippen LogP contribution in [0.15, 0.2) is 35.5 Å². The van der Waals surface area contributed by atoms with Crippen LogP contribution in [0.2, 0.25) is 0 Å². The van der Waals surface area contributed by atoms with Gasteiger partial charge in [0.1, 0.15) is 0 Å². The van der Waals surface area contributed by atoms with Crippen molar-refractivity contribution in [1.82, 2.24) is 25.0 Å². The predicted molar refractivity (Wildman–Crippen MR) is 93.2 cm³/mol. The molecular weight excluding hydrogens is 326 g/mol. The van der Waals surface area contributed by atoms with Gasteiger partial charge >= 0.3 is 0 Å². The van der Waals surface area contributed by atoms with Crippen LogP contribution in [0, 0.1) is 13.8 Å². The fourth-order valence-electron chi connectivity index (χ4n) is 2.27. The number of hydrogen-bond acceptors (Lipinski definition) is 6. The zero-order chi connectivity index (χ0) is 17.1. The third kappa shape index (κ3) is 3.40. The van der Waals surface area contributed by atoms with Crippen LogP contribution < -0.4 is 11.1 Å². The summed E-state index contributed by atoms with van der Waals surface area (Å²) in [4.78, 5) is 16.1. The molecule has 0 aliphatic heterocycles. The molecule has 8 nitrogen and oxygen atoms in total. The number of hydrogen-bond donors (Lipinski definition) is 3. The SMILES string of the molecule is Cc1nn(-c2ccccc2)c(C)c1NC(=O)CSc1n[nH]c(N)n1. The topological polar surface area (TPSA) is 115 Å². The highest BCUT2D eigenvalue weighted by Gasteiger charge is 2.15. The van der Waals surface area contributed by atoms with Gasteiger partial charge in [0.25, 0.3) is 0 Å². The van der Waals surface area contributed by atoms with Crippen LogP contribution in [0.25, 0.3) is 5.69 Å². The summed E-state index contributed by atoms with van der Waals surface area (Å²) in [6, 6.07) is 9.78. The number of benzene rings is 1. The van der Waals surface area contributed by atoms with Gasteiger partial charge in [0.05, 0.1) is 28.5 Å². The third-order valence-corrected chi connectivity index (χ3v) is 4.22. The van der Waals surface area contributed by atoms with E-state index >= 15 is 0 Å². The zero-order valence-electron chi connectivity index (χ0n) is 13.3. The summed E-state index contributed by atoms with van der Waals surface area (Å²) in [5, 5.41) is 14.3. The van der Waals surface area contributed by atoms with Gasteiger partial charge in [0, 0.05) is 0 Å². The number of carbonyl (C=O) groups excluding carboxylic acids is 1. The van der Waals surface area contributed by atoms with E-state index in [1.54, 1.807) is 0 Å². The largest absolute Gasteiger partial charge is 0.368 e. The highest BCUT2D eigenvalue weighted by molar-refractivity contribution is 7.99. The lowest BCUT2D eigenvalue weighted by molar-refractivity contribution is -0.113. The van der Waals surface area contributed by atoms with Crippen molar-refractivity contribution < 1.29 is 4.79 Å². The number of nitrogens with two attached hydrogens (primary N) is 1. The number of nitrogens with zero attached hydrogens (tertiary/aromatic N) is 4. The molecule has 3 rings (SSSR count). The van der Waals surface area contributed by atoms with Crippen LogP contribution in [0.3, 0.4) is 0 Å². The quantitative estimate of drug-likeness (QED) is 0.610. The molecule has 2 aromatic heterocycles. The van der Waals surface area contributed by atoms with Crippen LogP contribution in [-0.2, 0) is 4.79 Å². The van der Waals surface area contributed by atoms with E-state index in [-0.39, 0.29) is 17.6 Å². The maximum atomic E-state index is 12.2. The fraction of sp³-hybridized carbons (Fsp3) is 0.200. The molecule has 24 heavy (non-hydrogen) atoms. The molecule has 9 heteroatoms. The van der Waals surface area contributed by atoms with E-state index in [1.807, 2.05) is 48.9 Å². The molecule has 0 aliphatic carbocycles. The number of aromatic nitrogens is 5. The predicted octanol–water partition coefficient (Wildman–Crippen LogP) is 1.92. The Hall–Kier alpha value is -2.81. The first-order valence-corrected chi connectivity index (χ1v) is 8.25. The van der Waals surface area contributed by atoms with E-state index in [4.69, 9.17) is 5.73 Å². The van der Waals surface area contributed by atoms with E-state index in [1.165, 1.54) is 11.8 Å². The van der Waals surface area contributed by atoms with Crippen LogP contribution in [0.5, 0.6) is 0 Å². The molecule has 124 valence electrons. The van der Waals surface area contributed by atoms with E-state index in [9.17, 15) is 4.79 Å². The standard InChI is InChI=1S/C15H17N7OS/c1-9-13(10(2)22(21-9)11-6-4-3-5-7-11)17-12(23)8-24-15-18-14(16)19-20-15/h3-7H,8H2,1-2H3,(H,17,23)(H3,16,18,19,20). The van der Waals surface area contributed by atoms with Gasteiger partial charge in [-0.15, -0.1) is 5.10 Å². The van der Waals surface area contributed by atoms with E-state index in [2.05, 4.69) is 25.6 Å². The molecule has 1 amide bonds. The Bertz CT molecular complexity index is 856. The minimum Gasteiger partial charge on any atom is -0.368 e. The summed E-state index contributed by atoms with van der Waals surface area (Å²) in [7, 11) is 0. The molecule has 0 unspecified atom stereocenters. The molecule has 0 bridgehead atoms. The van der Waals surface area contributed by atoms with Gasteiger partial charge in [0.15, 0.2) is 0 Å². The average molecular weight is 343 g/mol. The number of thioether (sulfide) groups is 1. The number of nitrogen functional groups attached to an aromatic ring is 1. The third-order valence-electron chi connectivity index (χ3n) is 3.37. The second kappa shape index (κ2) is 6.75. The van der Waals surface area contributed by atoms with Gasteiger partial charge < -0.3 is 11.1 Å². The lowest BCUT2D eigenvalue weighted by Crippen LogP contribution is -2.15. The summed E-state index contributed by atoms with van der Waals surface area (Å²) in [6.45, 7) is 3.79. The maximum absolute atomic E-state index is 12.2. The Balaban J connectivity index is 1.71. The summed E-state index contributed by atoms with van der Waals surface area (Å²) in [6.07, 6.45) is 0. The minimum absolute atomic E-state index is 0.151. The van der Waals surface area contributed by atoms with Crippen molar-refractivity contribution in [3.8, 4) is 5.69 Å². The molecule has 0 radical (unpaired) electrons. The van der Waals surface area contributed by atoms with Gasteiger partial charge in [0.2, 0.25) is 17.0 Å². The summed E-state index contributed by atoms with van der Waals surface area (Å²) in [5.41, 5.74) is 8.76. The van der Waals surface area contributed by atoms with Gasteiger partial charge in [-0.3, -0.25) is 4.79 Å². The Morgan fingerprint density at radius 3 is 2.75 bits per heavy atom. The normalized spacial score (nSPS) is 10.8. The number of rotatable bonds is 5. The smallest absolute Gasteiger partial charge is 0.234 e. The fourth-order valence-corrected chi connectivity index (χ4v) is 2.88. The molecule has 0 fully saturated rings. The first kappa shape index (κ1) is 16.1. The summed E-state index contributed by atoms with van der Waals surface area (Å²) < 4.78 is 1.81. The lowest BCUT2D eigenvalue weighted by atomic mass is 10.3. The van der Waals surface area contributed by atoms with Crippen molar-refractivity contribution in [3.05, 3.63) is 41.7 Å². The second-order valence-electron chi connectivity index (χ2n) is 5.13. The molecule has 3 aromatic rings. The van der Waals surface area contributed by atoms with Crippen LogP contribution in [0.1, 0.15) is 11.4 Å². The Morgan fingerprint density at radius 1 is 1.33 bits per heavy atom. The van der Waals surface area contributed by atoms with Gasteiger partial charge in [-0.25, -0.2) is 9.78 Å². The Kier molecular flexibility index (Phi) is 4.52. The number of aryl methyl sites for hydroxylation is 1.